The van der Waals surface area contributed by atoms with E-state index in [0.29, 0.717) is 12.5 Å². The zero-order valence-corrected chi connectivity index (χ0v) is 16.3. The van der Waals surface area contributed by atoms with Gasteiger partial charge in [0.15, 0.2) is 0 Å². The van der Waals surface area contributed by atoms with Crippen molar-refractivity contribution in [2.24, 2.45) is 5.92 Å². The molecule has 25 heavy (non-hydrogen) atoms. The van der Waals surface area contributed by atoms with E-state index in [4.69, 9.17) is 16.3 Å². The van der Waals surface area contributed by atoms with Crippen molar-refractivity contribution < 1.29 is 9.53 Å². The zero-order valence-electron chi connectivity index (χ0n) is 15.5. The summed E-state index contributed by atoms with van der Waals surface area (Å²) in [6, 6.07) is 7.38. The standard InChI is InChI=1S/C19H30ClN3O2/c1-15(2)14-21-19(24)16(3)23-10-8-22(9-11-23)12-13-25-18-6-4-17(20)5-7-18/h4-7,15-16H,8-14H2,1-3H3,(H,21,24)/t16-/m0/s1. The van der Waals surface area contributed by atoms with Crippen LogP contribution >= 0.6 is 11.6 Å². The molecule has 5 nitrogen and oxygen atoms in total. The predicted molar refractivity (Wildman–Crippen MR) is 102 cm³/mol. The first kappa shape index (κ1) is 20.0. The number of nitrogens with one attached hydrogen (secondary N) is 1. The molecule has 0 bridgehead atoms. The van der Waals surface area contributed by atoms with Crippen LogP contribution in [0.1, 0.15) is 20.8 Å². The van der Waals surface area contributed by atoms with E-state index < -0.39 is 0 Å². The normalized spacial score (nSPS) is 17.5. The Labute approximate surface area is 156 Å². The minimum absolute atomic E-state index is 0.0637. The maximum Gasteiger partial charge on any atom is 0.237 e. The SMILES string of the molecule is CC(C)CNC(=O)[C@H](C)N1CCN(CCOc2ccc(Cl)cc2)CC1. The summed E-state index contributed by atoms with van der Waals surface area (Å²) in [7, 11) is 0. The van der Waals surface area contributed by atoms with Crippen molar-refractivity contribution in [3.8, 4) is 5.75 Å². The van der Waals surface area contributed by atoms with E-state index in [2.05, 4.69) is 29.0 Å². The number of benzene rings is 1. The number of carbonyl (C=O) groups is 1. The van der Waals surface area contributed by atoms with E-state index in [1.165, 1.54) is 0 Å². The molecule has 0 spiro atoms. The molecule has 1 fully saturated rings. The summed E-state index contributed by atoms with van der Waals surface area (Å²) in [5.41, 5.74) is 0. The van der Waals surface area contributed by atoms with Crippen molar-refractivity contribution in [1.82, 2.24) is 15.1 Å². The van der Waals surface area contributed by atoms with Crippen LogP contribution in [0.15, 0.2) is 24.3 Å². The molecule has 1 aromatic rings. The first-order valence-electron chi connectivity index (χ1n) is 9.08. The first-order valence-corrected chi connectivity index (χ1v) is 9.46. The summed E-state index contributed by atoms with van der Waals surface area (Å²) in [6.45, 7) is 12.3. The van der Waals surface area contributed by atoms with Gasteiger partial charge in [-0.05, 0) is 37.1 Å². The lowest BCUT2D eigenvalue weighted by Crippen LogP contribution is -2.54. The van der Waals surface area contributed by atoms with E-state index in [9.17, 15) is 4.79 Å². The van der Waals surface area contributed by atoms with Crippen LogP contribution in [0.3, 0.4) is 0 Å². The van der Waals surface area contributed by atoms with Gasteiger partial charge in [-0.3, -0.25) is 14.6 Å². The minimum atomic E-state index is -0.0637. The van der Waals surface area contributed by atoms with Crippen molar-refractivity contribution in [2.75, 3.05) is 45.9 Å². The molecule has 6 heteroatoms. The Bertz CT molecular complexity index is 528. The van der Waals surface area contributed by atoms with Gasteiger partial charge in [0.2, 0.25) is 5.91 Å². The van der Waals surface area contributed by atoms with Gasteiger partial charge in [0.05, 0.1) is 6.04 Å². The molecule has 1 aromatic carbocycles. The van der Waals surface area contributed by atoms with Crippen LogP contribution in [-0.4, -0.2) is 67.6 Å². The molecule has 1 N–H and O–H groups in total. The molecule has 1 aliphatic rings. The van der Waals surface area contributed by atoms with Crippen LogP contribution in [0.5, 0.6) is 5.75 Å². The fourth-order valence-corrected chi connectivity index (χ4v) is 2.94. The Balaban J connectivity index is 1.65. The minimum Gasteiger partial charge on any atom is -0.492 e. The van der Waals surface area contributed by atoms with Crippen LogP contribution in [0.25, 0.3) is 0 Å². The van der Waals surface area contributed by atoms with E-state index in [1.807, 2.05) is 31.2 Å². The highest BCUT2D eigenvalue weighted by atomic mass is 35.5. The van der Waals surface area contributed by atoms with Crippen molar-refractivity contribution in [2.45, 2.75) is 26.8 Å². The topological polar surface area (TPSA) is 44.8 Å². The lowest BCUT2D eigenvalue weighted by atomic mass is 10.2. The molecular formula is C19H30ClN3O2. The highest BCUT2D eigenvalue weighted by Crippen LogP contribution is 2.15. The smallest absolute Gasteiger partial charge is 0.237 e. The third-order valence-electron chi connectivity index (χ3n) is 4.51. The van der Waals surface area contributed by atoms with E-state index in [-0.39, 0.29) is 11.9 Å². The molecule has 140 valence electrons. The largest absolute Gasteiger partial charge is 0.492 e. The number of hydrogen-bond acceptors (Lipinski definition) is 4. The summed E-state index contributed by atoms with van der Waals surface area (Å²) in [6.07, 6.45) is 0. The van der Waals surface area contributed by atoms with Crippen LogP contribution in [-0.2, 0) is 4.79 Å². The highest BCUT2D eigenvalue weighted by Gasteiger charge is 2.25. The van der Waals surface area contributed by atoms with Crippen molar-refractivity contribution in [3.05, 3.63) is 29.3 Å². The monoisotopic (exact) mass is 367 g/mol. The lowest BCUT2D eigenvalue weighted by Gasteiger charge is -2.37. The van der Waals surface area contributed by atoms with Crippen LogP contribution in [0.4, 0.5) is 0 Å². The zero-order chi connectivity index (χ0) is 18.2. The maximum atomic E-state index is 12.2. The Hall–Kier alpha value is -1.30. The molecule has 0 unspecified atom stereocenters. The van der Waals surface area contributed by atoms with Crippen LogP contribution in [0.2, 0.25) is 5.02 Å². The Kier molecular flexibility index (Phi) is 8.00. The van der Waals surface area contributed by atoms with Gasteiger partial charge < -0.3 is 10.1 Å². The van der Waals surface area contributed by atoms with Crippen molar-refractivity contribution in [3.63, 3.8) is 0 Å². The molecule has 1 amide bonds. The third kappa shape index (κ3) is 6.84. The maximum absolute atomic E-state index is 12.2. The van der Waals surface area contributed by atoms with Crippen LogP contribution < -0.4 is 10.1 Å². The number of rotatable bonds is 8. The molecular weight excluding hydrogens is 338 g/mol. The van der Waals surface area contributed by atoms with Gasteiger partial charge in [-0.2, -0.15) is 0 Å². The lowest BCUT2D eigenvalue weighted by molar-refractivity contribution is -0.126. The molecule has 0 aliphatic carbocycles. The molecule has 0 aromatic heterocycles. The van der Waals surface area contributed by atoms with Crippen molar-refractivity contribution in [1.29, 1.82) is 0 Å². The number of amides is 1. The van der Waals surface area contributed by atoms with Crippen molar-refractivity contribution >= 4 is 17.5 Å². The second-order valence-corrected chi connectivity index (χ2v) is 7.43. The Morgan fingerprint density at radius 1 is 1.16 bits per heavy atom. The fraction of sp³-hybridized carbons (Fsp3) is 0.632. The Morgan fingerprint density at radius 2 is 1.80 bits per heavy atom. The Morgan fingerprint density at radius 3 is 2.40 bits per heavy atom. The van der Waals surface area contributed by atoms with E-state index in [0.717, 1.165) is 50.0 Å². The number of carbonyl (C=O) groups excluding carboxylic acids is 1. The van der Waals surface area contributed by atoms with Gasteiger partial charge in [0.1, 0.15) is 12.4 Å². The van der Waals surface area contributed by atoms with Gasteiger partial charge in [-0.1, -0.05) is 25.4 Å². The summed E-state index contributed by atoms with van der Waals surface area (Å²) in [4.78, 5) is 16.8. The average Bonchev–Trinajstić information content (AvgIpc) is 2.61. The molecule has 1 atom stereocenters. The van der Waals surface area contributed by atoms with Gasteiger partial charge >= 0.3 is 0 Å². The average molecular weight is 368 g/mol. The van der Waals surface area contributed by atoms with Gasteiger partial charge in [0.25, 0.3) is 0 Å². The summed E-state index contributed by atoms with van der Waals surface area (Å²) in [5, 5.41) is 3.74. The highest BCUT2D eigenvalue weighted by molar-refractivity contribution is 6.30. The van der Waals surface area contributed by atoms with E-state index in [1.54, 1.807) is 0 Å². The van der Waals surface area contributed by atoms with E-state index >= 15 is 0 Å². The number of nitrogens with zero attached hydrogens (tertiary/aromatic N) is 2. The predicted octanol–water partition coefficient (Wildman–Crippen LogP) is 2.50. The molecule has 2 rings (SSSR count). The first-order chi connectivity index (χ1) is 12.0. The second kappa shape index (κ2) is 10.00. The summed E-state index contributed by atoms with van der Waals surface area (Å²) >= 11 is 5.87. The fourth-order valence-electron chi connectivity index (χ4n) is 2.82. The molecule has 1 saturated heterocycles. The molecule has 0 saturated carbocycles. The summed E-state index contributed by atoms with van der Waals surface area (Å²) in [5.74, 6) is 1.46. The molecule has 0 radical (unpaired) electrons. The number of piperazine rings is 1. The quantitative estimate of drug-likeness (QED) is 0.766. The number of hydrogen-bond donors (Lipinski definition) is 1. The van der Waals surface area contributed by atoms with Crippen LogP contribution in [0, 0.1) is 5.92 Å². The van der Waals surface area contributed by atoms with Gasteiger partial charge in [-0.15, -0.1) is 0 Å². The van der Waals surface area contributed by atoms with Gasteiger partial charge in [-0.25, -0.2) is 0 Å². The third-order valence-corrected chi connectivity index (χ3v) is 4.76. The van der Waals surface area contributed by atoms with Gasteiger partial charge in [0, 0.05) is 44.3 Å². The summed E-state index contributed by atoms with van der Waals surface area (Å²) < 4.78 is 5.75. The second-order valence-electron chi connectivity index (χ2n) is 6.99. The molecule has 1 aliphatic heterocycles. The molecule has 1 heterocycles. The number of halogens is 1. The number of ether oxygens (including phenoxy) is 1.